The van der Waals surface area contributed by atoms with Crippen molar-refractivity contribution in [3.8, 4) is 0 Å². The summed E-state index contributed by atoms with van der Waals surface area (Å²) in [4.78, 5) is 34.8. The minimum absolute atomic E-state index is 0.274. The van der Waals surface area contributed by atoms with Crippen LogP contribution in [0.15, 0.2) is 42.5 Å². The lowest BCUT2D eigenvalue weighted by Gasteiger charge is -2.21. The third-order valence-electron chi connectivity index (χ3n) is 5.52. The molecule has 0 spiro atoms. The zero-order valence-corrected chi connectivity index (χ0v) is 21.6. The molecule has 7 nitrogen and oxygen atoms in total. The fourth-order valence-corrected chi connectivity index (χ4v) is 4.44. The molecule has 3 N–H and O–H groups in total. The number of allylic oxidation sites excluding steroid dienone is 1. The van der Waals surface area contributed by atoms with Gasteiger partial charge in [0.05, 0.1) is 22.4 Å². The van der Waals surface area contributed by atoms with E-state index in [1.807, 2.05) is 30.5 Å². The van der Waals surface area contributed by atoms with Crippen LogP contribution in [0.4, 0.5) is 16.2 Å². The Morgan fingerprint density at radius 2 is 1.86 bits per heavy atom. The number of aromatic amines is 1. The van der Waals surface area contributed by atoms with Gasteiger partial charge in [-0.25, -0.2) is 9.78 Å². The average Bonchev–Trinajstić information content (AvgIpc) is 3.56. The zero-order chi connectivity index (χ0) is 25.2. The van der Waals surface area contributed by atoms with Crippen LogP contribution in [0.3, 0.4) is 0 Å². The monoisotopic (exact) mass is 492 g/mol. The number of nitrogens with zero attached hydrogens (tertiary/aromatic N) is 1. The van der Waals surface area contributed by atoms with Gasteiger partial charge in [-0.15, -0.1) is 11.8 Å². The molecule has 0 atom stereocenters. The normalized spacial score (nSPS) is 14.1. The van der Waals surface area contributed by atoms with E-state index in [4.69, 9.17) is 4.74 Å². The molecule has 0 saturated heterocycles. The van der Waals surface area contributed by atoms with E-state index in [0.29, 0.717) is 22.9 Å². The number of carbonyl (C=O) groups is 2. The summed E-state index contributed by atoms with van der Waals surface area (Å²) in [6.45, 7) is 7.49. The number of imidazole rings is 1. The second-order valence-corrected chi connectivity index (χ2v) is 10.5. The molecule has 4 rings (SSSR count). The minimum atomic E-state index is -0.637. The molecule has 1 heterocycles. The van der Waals surface area contributed by atoms with Gasteiger partial charge in [-0.3, -0.25) is 10.1 Å². The third-order valence-corrected chi connectivity index (χ3v) is 6.37. The van der Waals surface area contributed by atoms with E-state index >= 15 is 0 Å². The fraction of sp³-hybridized carbons (Fsp3) is 0.370. The summed E-state index contributed by atoms with van der Waals surface area (Å²) in [7, 11) is 0. The first-order valence-electron chi connectivity index (χ1n) is 11.9. The van der Waals surface area contributed by atoms with Crippen molar-refractivity contribution in [1.82, 2.24) is 9.97 Å². The molecule has 3 aromatic rings. The average molecular weight is 493 g/mol. The fourth-order valence-electron chi connectivity index (χ4n) is 3.74. The predicted octanol–water partition coefficient (Wildman–Crippen LogP) is 7.15. The molecule has 1 fully saturated rings. The van der Waals surface area contributed by atoms with Crippen LogP contribution >= 0.6 is 11.8 Å². The lowest BCUT2D eigenvalue weighted by molar-refractivity contribution is 0.0635. The summed E-state index contributed by atoms with van der Waals surface area (Å²) in [5.74, 6) is 1.22. The van der Waals surface area contributed by atoms with Crippen molar-refractivity contribution in [3.63, 3.8) is 0 Å². The molecular formula is C27H32N4O3S. The van der Waals surface area contributed by atoms with E-state index in [1.54, 1.807) is 44.7 Å². The molecule has 2 amide bonds. The lowest BCUT2D eigenvalue weighted by Crippen LogP contribution is -2.27. The van der Waals surface area contributed by atoms with Gasteiger partial charge < -0.3 is 15.0 Å². The van der Waals surface area contributed by atoms with E-state index in [1.165, 1.54) is 0 Å². The van der Waals surface area contributed by atoms with Crippen LogP contribution in [0, 0.1) is 0 Å². The minimum Gasteiger partial charge on any atom is -0.444 e. The van der Waals surface area contributed by atoms with Crippen LogP contribution < -0.4 is 10.6 Å². The van der Waals surface area contributed by atoms with Crippen molar-refractivity contribution in [1.29, 1.82) is 0 Å². The summed E-state index contributed by atoms with van der Waals surface area (Å²) < 4.78 is 5.41. The third kappa shape index (κ3) is 6.25. The van der Waals surface area contributed by atoms with Crippen molar-refractivity contribution >= 4 is 51.1 Å². The molecule has 1 aliphatic carbocycles. The number of H-pyrrole nitrogens is 1. The van der Waals surface area contributed by atoms with Crippen LogP contribution in [0.25, 0.3) is 15.9 Å². The molecule has 0 aliphatic heterocycles. The van der Waals surface area contributed by atoms with Gasteiger partial charge in [-0.2, -0.15) is 0 Å². The van der Waals surface area contributed by atoms with Crippen molar-refractivity contribution in [2.75, 3.05) is 16.9 Å². The highest BCUT2D eigenvalue weighted by Gasteiger charge is 2.27. The first-order valence-corrected chi connectivity index (χ1v) is 13.1. The molecule has 35 heavy (non-hydrogen) atoms. The Balaban J connectivity index is 1.63. The maximum atomic E-state index is 13.2. The molecule has 2 aromatic carbocycles. The number of anilines is 2. The van der Waals surface area contributed by atoms with Gasteiger partial charge in [-0.05, 0) is 82.2 Å². The second kappa shape index (κ2) is 10.2. The van der Waals surface area contributed by atoms with E-state index in [-0.39, 0.29) is 5.91 Å². The number of hydrogen-bond donors (Lipinski definition) is 3. The van der Waals surface area contributed by atoms with E-state index < -0.39 is 11.7 Å². The summed E-state index contributed by atoms with van der Waals surface area (Å²) in [6, 6.07) is 11.0. The highest BCUT2D eigenvalue weighted by molar-refractivity contribution is 8.07. The molecule has 1 aromatic heterocycles. The number of thioether (sulfide) groups is 1. The van der Waals surface area contributed by atoms with Crippen molar-refractivity contribution in [2.45, 2.75) is 58.5 Å². The standard InChI is InChI=1S/C27H32N4O3S/c1-6-7-23(35-5)17-10-12-20(31-26(33)34-27(2,3)4)22(14-17)30-25(32)18-11-13-19-21(15-18)29-24(28-19)16-8-9-16/h7,10-16H,6,8-9H2,1-5H3,(H,28,29)(H,30,32)(H,31,33)/b23-7-. The number of carbonyl (C=O) groups excluding carboxylic acids is 2. The highest BCUT2D eigenvalue weighted by atomic mass is 32.2. The number of amides is 2. The maximum absolute atomic E-state index is 13.2. The van der Waals surface area contributed by atoms with Crippen molar-refractivity contribution in [3.05, 3.63) is 59.4 Å². The first-order chi connectivity index (χ1) is 16.7. The first kappa shape index (κ1) is 24.9. The van der Waals surface area contributed by atoms with Gasteiger partial charge in [0.2, 0.25) is 0 Å². The van der Waals surface area contributed by atoms with Gasteiger partial charge in [0.1, 0.15) is 11.4 Å². The van der Waals surface area contributed by atoms with Crippen molar-refractivity contribution in [2.24, 2.45) is 0 Å². The summed E-state index contributed by atoms with van der Waals surface area (Å²) in [5.41, 5.74) is 3.49. The second-order valence-electron chi connectivity index (χ2n) is 9.65. The van der Waals surface area contributed by atoms with Crippen LogP contribution in [-0.2, 0) is 4.74 Å². The van der Waals surface area contributed by atoms with Crippen LogP contribution in [0.5, 0.6) is 0 Å². The topological polar surface area (TPSA) is 96.1 Å². The lowest BCUT2D eigenvalue weighted by atomic mass is 10.1. The quantitative estimate of drug-likeness (QED) is 0.325. The van der Waals surface area contributed by atoms with Gasteiger partial charge in [0, 0.05) is 16.4 Å². The number of rotatable bonds is 7. The smallest absolute Gasteiger partial charge is 0.412 e. The molecule has 184 valence electrons. The number of ether oxygens (including phenoxy) is 1. The molecular weight excluding hydrogens is 460 g/mol. The van der Waals surface area contributed by atoms with E-state index in [9.17, 15) is 9.59 Å². The number of nitrogens with one attached hydrogen (secondary N) is 3. The Morgan fingerprint density at radius 3 is 2.51 bits per heavy atom. The van der Waals surface area contributed by atoms with Crippen LogP contribution in [0.1, 0.15) is 74.6 Å². The molecule has 1 aliphatic rings. The molecule has 0 unspecified atom stereocenters. The Bertz CT molecular complexity index is 1290. The molecule has 0 bridgehead atoms. The molecule has 1 saturated carbocycles. The van der Waals surface area contributed by atoms with Crippen LogP contribution in [0.2, 0.25) is 0 Å². The van der Waals surface area contributed by atoms with Crippen LogP contribution in [-0.4, -0.2) is 33.8 Å². The summed E-state index contributed by atoms with van der Waals surface area (Å²) >= 11 is 1.64. The van der Waals surface area contributed by atoms with E-state index in [0.717, 1.165) is 46.6 Å². The predicted molar refractivity (Wildman–Crippen MR) is 144 cm³/mol. The number of fused-ring (bicyclic) bond motifs is 1. The molecule has 0 radical (unpaired) electrons. The molecule has 8 heteroatoms. The highest BCUT2D eigenvalue weighted by Crippen LogP contribution is 2.39. The SMILES string of the molecule is CC/C=C(\SC)c1ccc(NC(=O)OC(C)(C)C)c(NC(=O)c2ccc3nc(C4CC4)[nH]c3c2)c1. The number of benzene rings is 2. The van der Waals surface area contributed by atoms with Gasteiger partial charge in [-0.1, -0.05) is 19.1 Å². The maximum Gasteiger partial charge on any atom is 0.412 e. The van der Waals surface area contributed by atoms with Gasteiger partial charge >= 0.3 is 6.09 Å². The summed E-state index contributed by atoms with van der Waals surface area (Å²) in [5, 5.41) is 5.76. The largest absolute Gasteiger partial charge is 0.444 e. The van der Waals surface area contributed by atoms with E-state index in [2.05, 4.69) is 33.6 Å². The Hall–Kier alpha value is -3.26. The Morgan fingerprint density at radius 1 is 1.11 bits per heavy atom. The Labute approximate surface area is 210 Å². The van der Waals surface area contributed by atoms with Gasteiger partial charge in [0.25, 0.3) is 5.91 Å². The zero-order valence-electron chi connectivity index (χ0n) is 20.8. The number of hydrogen-bond acceptors (Lipinski definition) is 5. The number of aromatic nitrogens is 2. The summed E-state index contributed by atoms with van der Waals surface area (Å²) in [6.07, 6.45) is 6.77. The Kier molecular flexibility index (Phi) is 7.21. The van der Waals surface area contributed by atoms with Gasteiger partial charge in [0.15, 0.2) is 0 Å². The van der Waals surface area contributed by atoms with Crippen molar-refractivity contribution < 1.29 is 14.3 Å².